The summed E-state index contributed by atoms with van der Waals surface area (Å²) in [6, 6.07) is 12.1. The van der Waals surface area contributed by atoms with Crippen LogP contribution < -0.4 is 10.6 Å². The number of anilines is 1. The molecule has 1 heterocycles. The zero-order valence-electron chi connectivity index (χ0n) is 11.7. The number of amides is 1. The van der Waals surface area contributed by atoms with Crippen molar-refractivity contribution < 1.29 is 4.79 Å². The summed E-state index contributed by atoms with van der Waals surface area (Å²) >= 11 is 3.47. The predicted octanol–water partition coefficient (Wildman–Crippen LogP) is 2.45. The monoisotopic (exact) mass is 347 g/mol. The van der Waals surface area contributed by atoms with Gasteiger partial charge in [-0.3, -0.25) is 9.69 Å². The Morgan fingerprint density at radius 2 is 1.86 bits per heavy atom. The van der Waals surface area contributed by atoms with Gasteiger partial charge >= 0.3 is 0 Å². The van der Waals surface area contributed by atoms with Crippen LogP contribution in [-0.4, -0.2) is 43.5 Å². The quantitative estimate of drug-likeness (QED) is 0.896. The maximum atomic E-state index is 12.1. The van der Waals surface area contributed by atoms with E-state index in [2.05, 4.69) is 37.5 Å². The van der Waals surface area contributed by atoms with Crippen LogP contribution in [0.2, 0.25) is 0 Å². The molecule has 2 aromatic rings. The molecule has 1 fully saturated rings. The van der Waals surface area contributed by atoms with Crippen LogP contribution in [0.5, 0.6) is 0 Å². The number of hydrogen-bond acceptors (Lipinski definition) is 3. The van der Waals surface area contributed by atoms with Gasteiger partial charge in [-0.2, -0.15) is 0 Å². The van der Waals surface area contributed by atoms with Gasteiger partial charge in [0, 0.05) is 36.3 Å². The molecule has 2 aromatic carbocycles. The molecule has 21 heavy (non-hydrogen) atoms. The minimum atomic E-state index is 0.0494. The predicted molar refractivity (Wildman–Crippen MR) is 89.6 cm³/mol. The Morgan fingerprint density at radius 3 is 2.67 bits per heavy atom. The van der Waals surface area contributed by atoms with E-state index < -0.39 is 0 Å². The second kappa shape index (κ2) is 6.56. The first-order valence-electron chi connectivity index (χ1n) is 7.13. The summed E-state index contributed by atoms with van der Waals surface area (Å²) in [4.78, 5) is 14.3. The van der Waals surface area contributed by atoms with E-state index in [4.69, 9.17) is 0 Å². The van der Waals surface area contributed by atoms with Crippen LogP contribution in [0, 0.1) is 0 Å². The number of carbonyl (C=O) groups is 1. The van der Waals surface area contributed by atoms with E-state index in [9.17, 15) is 4.79 Å². The average Bonchev–Trinajstić information content (AvgIpc) is 2.48. The number of benzene rings is 2. The third-order valence-electron chi connectivity index (χ3n) is 3.66. The molecule has 1 amide bonds. The highest BCUT2D eigenvalue weighted by Gasteiger charge is 2.13. The highest BCUT2D eigenvalue weighted by atomic mass is 79.9. The minimum Gasteiger partial charge on any atom is -0.325 e. The second-order valence-corrected chi connectivity index (χ2v) is 6.20. The fourth-order valence-electron chi connectivity index (χ4n) is 2.57. The zero-order valence-corrected chi connectivity index (χ0v) is 13.3. The van der Waals surface area contributed by atoms with E-state index in [1.807, 2.05) is 30.3 Å². The van der Waals surface area contributed by atoms with E-state index in [0.717, 1.165) is 47.1 Å². The first-order valence-corrected chi connectivity index (χ1v) is 7.92. The van der Waals surface area contributed by atoms with E-state index in [1.54, 1.807) is 0 Å². The average molecular weight is 348 g/mol. The van der Waals surface area contributed by atoms with Crippen LogP contribution in [0.15, 0.2) is 40.9 Å². The largest absolute Gasteiger partial charge is 0.325 e. The number of halogens is 1. The third kappa shape index (κ3) is 3.81. The van der Waals surface area contributed by atoms with Gasteiger partial charge in [0.15, 0.2) is 0 Å². The molecule has 0 aromatic heterocycles. The van der Waals surface area contributed by atoms with Gasteiger partial charge in [0.05, 0.1) is 6.54 Å². The minimum absolute atomic E-state index is 0.0494. The molecule has 110 valence electrons. The molecule has 0 aliphatic carbocycles. The Hall–Kier alpha value is -1.43. The lowest BCUT2D eigenvalue weighted by atomic mass is 10.1. The maximum absolute atomic E-state index is 12.1. The molecule has 5 heteroatoms. The Balaban J connectivity index is 1.66. The van der Waals surface area contributed by atoms with E-state index in [1.165, 1.54) is 0 Å². The van der Waals surface area contributed by atoms with Gasteiger partial charge in [-0.1, -0.05) is 28.1 Å². The molecule has 1 saturated heterocycles. The summed E-state index contributed by atoms with van der Waals surface area (Å²) in [5.41, 5.74) is 0.852. The first-order chi connectivity index (χ1) is 10.2. The van der Waals surface area contributed by atoms with Gasteiger partial charge in [-0.05, 0) is 35.0 Å². The molecule has 0 bridgehead atoms. The lowest BCUT2D eigenvalue weighted by Gasteiger charge is -2.26. The normalized spacial score (nSPS) is 16.0. The summed E-state index contributed by atoms with van der Waals surface area (Å²) in [6.45, 7) is 4.23. The molecule has 1 aliphatic rings. The number of hydrogen-bond donors (Lipinski definition) is 2. The molecule has 0 spiro atoms. The molecule has 0 saturated carbocycles. The summed E-state index contributed by atoms with van der Waals surface area (Å²) in [7, 11) is 0. The van der Waals surface area contributed by atoms with Crippen molar-refractivity contribution in [1.29, 1.82) is 0 Å². The summed E-state index contributed by atoms with van der Waals surface area (Å²) in [6.07, 6.45) is 0. The van der Waals surface area contributed by atoms with E-state index >= 15 is 0 Å². The second-order valence-electron chi connectivity index (χ2n) is 5.28. The van der Waals surface area contributed by atoms with Gasteiger partial charge in [0.1, 0.15) is 0 Å². The fourth-order valence-corrected chi connectivity index (χ4v) is 2.95. The van der Waals surface area contributed by atoms with Gasteiger partial charge < -0.3 is 10.6 Å². The van der Waals surface area contributed by atoms with Crippen molar-refractivity contribution in [1.82, 2.24) is 10.2 Å². The van der Waals surface area contributed by atoms with Crippen molar-refractivity contribution in [2.24, 2.45) is 0 Å². The molecule has 2 N–H and O–H groups in total. The Kier molecular flexibility index (Phi) is 4.53. The van der Waals surface area contributed by atoms with E-state index in [-0.39, 0.29) is 5.91 Å². The number of fused-ring (bicyclic) bond motifs is 1. The van der Waals surface area contributed by atoms with Crippen molar-refractivity contribution >= 4 is 38.3 Å². The SMILES string of the molecule is O=C(CN1CCNCC1)Nc1ccc2cc(Br)ccc2c1. The molecule has 0 unspecified atom stereocenters. The third-order valence-corrected chi connectivity index (χ3v) is 4.16. The fraction of sp³-hybridized carbons (Fsp3) is 0.312. The Bertz CT molecular complexity index is 653. The van der Waals surface area contributed by atoms with Crippen molar-refractivity contribution in [3.8, 4) is 0 Å². The van der Waals surface area contributed by atoms with Crippen LogP contribution in [0.25, 0.3) is 10.8 Å². The number of nitrogens with one attached hydrogen (secondary N) is 2. The smallest absolute Gasteiger partial charge is 0.238 e. The van der Waals surface area contributed by atoms with Crippen molar-refractivity contribution in [2.45, 2.75) is 0 Å². The topological polar surface area (TPSA) is 44.4 Å². The van der Waals surface area contributed by atoms with E-state index in [0.29, 0.717) is 6.54 Å². The molecule has 0 radical (unpaired) electrons. The van der Waals surface area contributed by atoms with Crippen LogP contribution in [-0.2, 0) is 4.79 Å². The summed E-state index contributed by atoms with van der Waals surface area (Å²) < 4.78 is 1.06. The number of rotatable bonds is 3. The van der Waals surface area contributed by atoms with Crippen LogP contribution in [0.1, 0.15) is 0 Å². The molecular weight excluding hydrogens is 330 g/mol. The Labute approximate surface area is 132 Å². The lowest BCUT2D eigenvalue weighted by Crippen LogP contribution is -2.46. The number of carbonyl (C=O) groups excluding carboxylic acids is 1. The van der Waals surface area contributed by atoms with Gasteiger partial charge in [-0.25, -0.2) is 0 Å². The number of nitrogens with zero attached hydrogens (tertiary/aromatic N) is 1. The van der Waals surface area contributed by atoms with Gasteiger partial charge in [-0.15, -0.1) is 0 Å². The molecular formula is C16H18BrN3O. The van der Waals surface area contributed by atoms with Crippen molar-refractivity contribution in [2.75, 3.05) is 38.0 Å². The van der Waals surface area contributed by atoms with Gasteiger partial charge in [0.2, 0.25) is 5.91 Å². The summed E-state index contributed by atoms with van der Waals surface area (Å²) in [5.74, 6) is 0.0494. The maximum Gasteiger partial charge on any atom is 0.238 e. The van der Waals surface area contributed by atoms with Crippen LogP contribution in [0.3, 0.4) is 0 Å². The zero-order chi connectivity index (χ0) is 14.7. The molecule has 1 aliphatic heterocycles. The Morgan fingerprint density at radius 1 is 1.14 bits per heavy atom. The lowest BCUT2D eigenvalue weighted by molar-refractivity contribution is -0.117. The number of piperazine rings is 1. The molecule has 4 nitrogen and oxygen atoms in total. The summed E-state index contributed by atoms with van der Waals surface area (Å²) in [5, 5.41) is 8.55. The highest BCUT2D eigenvalue weighted by Crippen LogP contribution is 2.22. The van der Waals surface area contributed by atoms with Crippen LogP contribution in [0.4, 0.5) is 5.69 Å². The van der Waals surface area contributed by atoms with Gasteiger partial charge in [0.25, 0.3) is 0 Å². The standard InChI is InChI=1S/C16H18BrN3O/c17-14-3-1-13-10-15(4-2-12(13)9-14)19-16(21)11-20-7-5-18-6-8-20/h1-4,9-10,18H,5-8,11H2,(H,19,21). The first kappa shape index (κ1) is 14.5. The van der Waals surface area contributed by atoms with Crippen LogP contribution >= 0.6 is 15.9 Å². The van der Waals surface area contributed by atoms with Crippen molar-refractivity contribution in [3.63, 3.8) is 0 Å². The highest BCUT2D eigenvalue weighted by molar-refractivity contribution is 9.10. The molecule has 0 atom stereocenters. The van der Waals surface area contributed by atoms with Crippen molar-refractivity contribution in [3.05, 3.63) is 40.9 Å². The molecule has 3 rings (SSSR count).